The quantitative estimate of drug-likeness (QED) is 0.886. The maximum Gasteiger partial charge on any atom is 0.408 e. The highest BCUT2D eigenvalue weighted by Gasteiger charge is 2.58. The topological polar surface area (TPSA) is 59.0 Å². The molecule has 3 rings (SSSR count). The number of nitrogens with one attached hydrogen (secondary N) is 2. The Balaban J connectivity index is 1.57. The van der Waals surface area contributed by atoms with Crippen LogP contribution in [0.15, 0.2) is 12.3 Å². The third-order valence-electron chi connectivity index (χ3n) is 3.97. The number of carbonyl (C=O) groups is 1. The highest BCUT2D eigenvalue weighted by atomic mass is 19.4. The standard InChI is InChI=1S/C12H15F3N4O/c1-11-4-7(16-8(11)5-11)10(20)17-9-2-3-19(18-9)6-12(13,14)15/h2-3,7-8,16H,4-6H2,1H3,(H,17,18,20). The maximum atomic E-state index is 12.2. The Morgan fingerprint density at radius 1 is 1.60 bits per heavy atom. The summed E-state index contributed by atoms with van der Waals surface area (Å²) < 4.78 is 37.3. The average molecular weight is 288 g/mol. The molecule has 110 valence electrons. The number of hydrogen-bond donors (Lipinski definition) is 2. The first-order valence-corrected chi connectivity index (χ1v) is 6.42. The van der Waals surface area contributed by atoms with Crippen LogP contribution in [-0.4, -0.2) is 33.9 Å². The highest BCUT2D eigenvalue weighted by Crippen LogP contribution is 2.53. The van der Waals surface area contributed by atoms with Crippen molar-refractivity contribution in [3.63, 3.8) is 0 Å². The molecule has 3 unspecified atom stereocenters. The van der Waals surface area contributed by atoms with Gasteiger partial charge >= 0.3 is 6.18 Å². The van der Waals surface area contributed by atoms with Gasteiger partial charge in [0.2, 0.25) is 5.91 Å². The Hall–Kier alpha value is -1.57. The Labute approximate surface area is 113 Å². The van der Waals surface area contributed by atoms with Crippen molar-refractivity contribution in [2.24, 2.45) is 5.41 Å². The molecule has 1 saturated heterocycles. The number of halogens is 3. The lowest BCUT2D eigenvalue weighted by Gasteiger charge is -2.13. The fourth-order valence-corrected chi connectivity index (χ4v) is 2.74. The van der Waals surface area contributed by atoms with Gasteiger partial charge in [-0.3, -0.25) is 9.48 Å². The number of aromatic nitrogens is 2. The van der Waals surface area contributed by atoms with E-state index in [1.807, 2.05) is 0 Å². The molecule has 1 aromatic rings. The maximum absolute atomic E-state index is 12.2. The summed E-state index contributed by atoms with van der Waals surface area (Å²) in [5.74, 6) is -0.0949. The number of fused-ring (bicyclic) bond motifs is 1. The van der Waals surface area contributed by atoms with Crippen LogP contribution < -0.4 is 10.6 Å². The van der Waals surface area contributed by atoms with Crippen molar-refractivity contribution >= 4 is 11.7 Å². The first kappa shape index (κ1) is 13.4. The van der Waals surface area contributed by atoms with Crippen LogP contribution in [0.3, 0.4) is 0 Å². The smallest absolute Gasteiger partial charge is 0.308 e. The number of hydrogen-bond acceptors (Lipinski definition) is 3. The van der Waals surface area contributed by atoms with Crippen LogP contribution in [0.5, 0.6) is 0 Å². The molecule has 1 saturated carbocycles. The van der Waals surface area contributed by atoms with Crippen molar-refractivity contribution in [3.05, 3.63) is 12.3 Å². The third-order valence-corrected chi connectivity index (χ3v) is 3.97. The zero-order valence-electron chi connectivity index (χ0n) is 10.9. The van der Waals surface area contributed by atoms with E-state index in [-0.39, 0.29) is 23.2 Å². The van der Waals surface area contributed by atoms with E-state index in [2.05, 4.69) is 22.7 Å². The zero-order valence-corrected chi connectivity index (χ0v) is 10.9. The van der Waals surface area contributed by atoms with Gasteiger partial charge in [-0.2, -0.15) is 18.3 Å². The normalized spacial score (nSPS) is 32.0. The number of piperidine rings is 1. The van der Waals surface area contributed by atoms with Crippen molar-refractivity contribution in [2.75, 3.05) is 5.32 Å². The van der Waals surface area contributed by atoms with E-state index < -0.39 is 12.7 Å². The van der Waals surface area contributed by atoms with Gasteiger partial charge in [0.1, 0.15) is 6.54 Å². The van der Waals surface area contributed by atoms with Crippen molar-refractivity contribution in [3.8, 4) is 0 Å². The van der Waals surface area contributed by atoms with Crippen molar-refractivity contribution in [1.29, 1.82) is 0 Å². The molecular formula is C12H15F3N4O. The molecule has 1 amide bonds. The molecule has 0 radical (unpaired) electrons. The van der Waals surface area contributed by atoms with Crippen LogP contribution in [0.4, 0.5) is 19.0 Å². The molecule has 0 bridgehead atoms. The van der Waals surface area contributed by atoms with Gasteiger partial charge in [0.15, 0.2) is 5.82 Å². The molecule has 8 heteroatoms. The predicted octanol–water partition coefficient (Wildman–Crippen LogP) is 1.52. The van der Waals surface area contributed by atoms with Crippen LogP contribution in [0, 0.1) is 5.41 Å². The van der Waals surface area contributed by atoms with Gasteiger partial charge in [-0.05, 0) is 18.3 Å². The summed E-state index contributed by atoms with van der Waals surface area (Å²) in [6.45, 7) is 0.959. The molecule has 2 fully saturated rings. The first-order valence-electron chi connectivity index (χ1n) is 6.42. The van der Waals surface area contributed by atoms with Gasteiger partial charge in [-0.25, -0.2) is 0 Å². The summed E-state index contributed by atoms with van der Waals surface area (Å²) >= 11 is 0. The van der Waals surface area contributed by atoms with E-state index in [1.54, 1.807) is 0 Å². The number of carbonyl (C=O) groups excluding carboxylic acids is 1. The highest BCUT2D eigenvalue weighted by molar-refractivity contribution is 5.94. The van der Waals surface area contributed by atoms with Gasteiger partial charge in [-0.15, -0.1) is 0 Å². The van der Waals surface area contributed by atoms with E-state index >= 15 is 0 Å². The summed E-state index contributed by atoms with van der Waals surface area (Å²) in [4.78, 5) is 12.0. The monoisotopic (exact) mass is 288 g/mol. The van der Waals surface area contributed by atoms with Crippen LogP contribution in [0.2, 0.25) is 0 Å². The number of alkyl halides is 3. The van der Waals surface area contributed by atoms with Crippen LogP contribution in [-0.2, 0) is 11.3 Å². The lowest BCUT2D eigenvalue weighted by Crippen LogP contribution is -2.38. The molecule has 1 aromatic heterocycles. The lowest BCUT2D eigenvalue weighted by molar-refractivity contribution is -0.142. The molecule has 0 spiro atoms. The summed E-state index contributed by atoms with van der Waals surface area (Å²) in [7, 11) is 0. The molecule has 20 heavy (non-hydrogen) atoms. The van der Waals surface area contributed by atoms with Crippen LogP contribution in [0.25, 0.3) is 0 Å². The molecule has 0 aromatic carbocycles. The second-order valence-corrected chi connectivity index (χ2v) is 5.84. The molecule has 2 heterocycles. The van der Waals surface area contributed by atoms with E-state index in [4.69, 9.17) is 0 Å². The molecular weight excluding hydrogens is 273 g/mol. The fraction of sp³-hybridized carbons (Fsp3) is 0.667. The Kier molecular flexibility index (Phi) is 2.82. The minimum atomic E-state index is -4.32. The second kappa shape index (κ2) is 4.21. The average Bonchev–Trinajstić information content (AvgIpc) is 2.68. The minimum Gasteiger partial charge on any atom is -0.308 e. The molecule has 1 aliphatic carbocycles. The molecule has 3 atom stereocenters. The van der Waals surface area contributed by atoms with Crippen molar-refractivity contribution < 1.29 is 18.0 Å². The molecule has 1 aliphatic heterocycles. The summed E-state index contributed by atoms with van der Waals surface area (Å²) in [5.41, 5.74) is 0.206. The number of rotatable bonds is 3. The SMILES string of the molecule is CC12CC(C(=O)Nc3ccn(CC(F)(F)F)n3)NC1C2. The largest absolute Gasteiger partial charge is 0.408 e. The molecule has 5 nitrogen and oxygen atoms in total. The lowest BCUT2D eigenvalue weighted by atomic mass is 10.0. The second-order valence-electron chi connectivity index (χ2n) is 5.84. The Morgan fingerprint density at radius 3 is 2.95 bits per heavy atom. The summed E-state index contributed by atoms with van der Waals surface area (Å²) in [5, 5.41) is 9.45. The van der Waals surface area contributed by atoms with Crippen LogP contribution >= 0.6 is 0 Å². The predicted molar refractivity (Wildman–Crippen MR) is 65.0 cm³/mol. The van der Waals surface area contributed by atoms with Gasteiger partial charge in [0.25, 0.3) is 0 Å². The van der Waals surface area contributed by atoms with E-state index in [0.29, 0.717) is 6.04 Å². The number of amides is 1. The van der Waals surface area contributed by atoms with Gasteiger partial charge in [0.05, 0.1) is 6.04 Å². The van der Waals surface area contributed by atoms with Crippen molar-refractivity contribution in [1.82, 2.24) is 15.1 Å². The first-order chi connectivity index (χ1) is 9.25. The van der Waals surface area contributed by atoms with E-state index in [9.17, 15) is 18.0 Å². The van der Waals surface area contributed by atoms with Crippen LogP contribution in [0.1, 0.15) is 19.8 Å². The Bertz CT molecular complexity index is 541. The molecule has 2 aliphatic rings. The van der Waals surface area contributed by atoms with Crippen molar-refractivity contribution in [2.45, 2.75) is 44.6 Å². The minimum absolute atomic E-state index is 0.145. The van der Waals surface area contributed by atoms with Gasteiger partial charge in [0, 0.05) is 18.3 Å². The third kappa shape index (κ3) is 2.65. The summed E-state index contributed by atoms with van der Waals surface area (Å²) in [6.07, 6.45) is -1.29. The summed E-state index contributed by atoms with van der Waals surface area (Å²) in [6, 6.07) is 1.47. The number of anilines is 1. The zero-order chi connectivity index (χ0) is 14.5. The number of nitrogens with zero attached hydrogens (tertiary/aromatic N) is 2. The van der Waals surface area contributed by atoms with Gasteiger partial charge in [-0.1, -0.05) is 6.92 Å². The van der Waals surface area contributed by atoms with Gasteiger partial charge < -0.3 is 10.6 Å². The van der Waals surface area contributed by atoms with E-state index in [1.165, 1.54) is 12.3 Å². The molecule has 2 N–H and O–H groups in total. The van der Waals surface area contributed by atoms with E-state index in [0.717, 1.165) is 17.5 Å². The Morgan fingerprint density at radius 2 is 2.35 bits per heavy atom. The fourth-order valence-electron chi connectivity index (χ4n) is 2.74.